The summed E-state index contributed by atoms with van der Waals surface area (Å²) < 4.78 is 1.73. The Hall–Kier alpha value is -3.62. The van der Waals surface area contributed by atoms with Crippen LogP contribution in [-0.4, -0.2) is 76.3 Å². The molecule has 2 aliphatic heterocycles. The summed E-state index contributed by atoms with van der Waals surface area (Å²) in [5.41, 5.74) is 0.988. The van der Waals surface area contributed by atoms with Crippen molar-refractivity contribution in [2.75, 3.05) is 26.2 Å². The molecule has 4 rings (SSSR count). The number of piperazine rings is 1. The van der Waals surface area contributed by atoms with Gasteiger partial charge in [-0.15, -0.1) is 0 Å². The maximum absolute atomic E-state index is 13.3. The minimum absolute atomic E-state index is 0.0583. The average molecular weight is 438 g/mol. The van der Waals surface area contributed by atoms with Crippen LogP contribution in [0.2, 0.25) is 0 Å². The molecule has 2 saturated heterocycles. The van der Waals surface area contributed by atoms with E-state index in [-0.39, 0.29) is 30.8 Å². The maximum Gasteiger partial charge on any atom is 0.270 e. The predicted molar refractivity (Wildman–Crippen MR) is 117 cm³/mol. The monoisotopic (exact) mass is 437 g/mol. The van der Waals surface area contributed by atoms with Gasteiger partial charge in [0.15, 0.2) is 0 Å². The summed E-state index contributed by atoms with van der Waals surface area (Å²) in [5.74, 6) is -1.12. The fourth-order valence-electron chi connectivity index (χ4n) is 4.20. The Morgan fingerprint density at radius 3 is 2.50 bits per heavy atom. The smallest absolute Gasteiger partial charge is 0.270 e. The van der Waals surface area contributed by atoms with E-state index in [2.05, 4.69) is 10.6 Å². The van der Waals surface area contributed by atoms with Gasteiger partial charge in [-0.2, -0.15) is 0 Å². The summed E-state index contributed by atoms with van der Waals surface area (Å²) in [4.78, 5) is 54.7. The van der Waals surface area contributed by atoms with Crippen LogP contribution in [-0.2, 0) is 16.6 Å². The van der Waals surface area contributed by atoms with Crippen LogP contribution in [0.25, 0.3) is 0 Å². The van der Waals surface area contributed by atoms with Crippen LogP contribution in [0, 0.1) is 0 Å². The minimum Gasteiger partial charge on any atom is -0.354 e. The lowest BCUT2D eigenvalue weighted by Crippen LogP contribution is -2.63. The Morgan fingerprint density at radius 2 is 1.81 bits per heavy atom. The SMILES string of the molecule is Cn1cccc1C(=O)N1CCN(C(=O)c2ccccc2)C(C(=O)NC2CCCNC2=O)C1. The number of carbonyl (C=O) groups is 4. The first-order chi connectivity index (χ1) is 15.5. The molecule has 2 fully saturated rings. The van der Waals surface area contributed by atoms with Crippen molar-refractivity contribution in [1.82, 2.24) is 25.0 Å². The molecule has 3 heterocycles. The molecule has 0 bridgehead atoms. The van der Waals surface area contributed by atoms with Crippen molar-refractivity contribution >= 4 is 23.6 Å². The highest BCUT2D eigenvalue weighted by Crippen LogP contribution is 2.18. The molecular formula is C23H27N5O4. The van der Waals surface area contributed by atoms with Crippen LogP contribution in [0.4, 0.5) is 0 Å². The second-order valence-electron chi connectivity index (χ2n) is 8.13. The third-order valence-electron chi connectivity index (χ3n) is 6.02. The predicted octanol–water partition coefficient (Wildman–Crippen LogP) is 0.387. The van der Waals surface area contributed by atoms with Crippen molar-refractivity contribution in [3.8, 4) is 0 Å². The fourth-order valence-corrected chi connectivity index (χ4v) is 4.20. The Balaban J connectivity index is 1.56. The Labute approximate surface area is 186 Å². The Kier molecular flexibility index (Phi) is 6.25. The second-order valence-corrected chi connectivity index (χ2v) is 8.13. The fraction of sp³-hybridized carbons (Fsp3) is 0.391. The van der Waals surface area contributed by atoms with Gasteiger partial charge in [0.05, 0.1) is 6.54 Å². The zero-order chi connectivity index (χ0) is 22.7. The molecule has 1 aromatic heterocycles. The van der Waals surface area contributed by atoms with Gasteiger partial charge in [0.2, 0.25) is 11.8 Å². The van der Waals surface area contributed by atoms with Gasteiger partial charge in [0.1, 0.15) is 17.8 Å². The van der Waals surface area contributed by atoms with Crippen LogP contribution in [0.3, 0.4) is 0 Å². The number of hydrogen-bond acceptors (Lipinski definition) is 4. The molecule has 0 radical (unpaired) electrons. The van der Waals surface area contributed by atoms with Crippen molar-refractivity contribution in [2.45, 2.75) is 24.9 Å². The number of benzene rings is 1. The number of nitrogens with zero attached hydrogens (tertiary/aromatic N) is 3. The molecule has 1 aromatic carbocycles. The molecule has 168 valence electrons. The van der Waals surface area contributed by atoms with Crippen LogP contribution in [0.15, 0.2) is 48.7 Å². The Morgan fingerprint density at radius 1 is 1.03 bits per heavy atom. The van der Waals surface area contributed by atoms with E-state index in [1.807, 2.05) is 6.07 Å². The molecule has 9 heteroatoms. The molecule has 0 saturated carbocycles. The van der Waals surface area contributed by atoms with E-state index in [0.717, 1.165) is 6.42 Å². The second kappa shape index (κ2) is 9.25. The normalized spacial score (nSPS) is 21.1. The zero-order valence-corrected chi connectivity index (χ0v) is 18.0. The highest BCUT2D eigenvalue weighted by molar-refractivity contribution is 5.99. The van der Waals surface area contributed by atoms with Crippen molar-refractivity contribution < 1.29 is 19.2 Å². The molecule has 0 aliphatic carbocycles. The minimum atomic E-state index is -0.893. The number of hydrogen-bond donors (Lipinski definition) is 2. The van der Waals surface area contributed by atoms with Crippen LogP contribution in [0.5, 0.6) is 0 Å². The number of nitrogens with one attached hydrogen (secondary N) is 2. The lowest BCUT2D eigenvalue weighted by Gasteiger charge is -2.41. The molecule has 32 heavy (non-hydrogen) atoms. The lowest BCUT2D eigenvalue weighted by molar-refractivity contribution is -0.133. The van der Waals surface area contributed by atoms with Gasteiger partial charge in [0, 0.05) is 38.4 Å². The zero-order valence-electron chi connectivity index (χ0n) is 18.0. The molecule has 2 aliphatic rings. The van der Waals surface area contributed by atoms with Crippen LogP contribution < -0.4 is 10.6 Å². The molecule has 2 atom stereocenters. The highest BCUT2D eigenvalue weighted by Gasteiger charge is 2.39. The Bertz CT molecular complexity index is 1020. The molecule has 0 spiro atoms. The molecule has 4 amide bonds. The first-order valence-corrected chi connectivity index (χ1v) is 10.8. The van der Waals surface area contributed by atoms with E-state index in [1.165, 1.54) is 4.90 Å². The topological polar surface area (TPSA) is 104 Å². The van der Waals surface area contributed by atoms with Gasteiger partial charge < -0.3 is 25.0 Å². The average Bonchev–Trinajstić information content (AvgIpc) is 3.25. The van der Waals surface area contributed by atoms with Crippen molar-refractivity contribution in [1.29, 1.82) is 0 Å². The van der Waals surface area contributed by atoms with Crippen LogP contribution >= 0.6 is 0 Å². The molecule has 9 nitrogen and oxygen atoms in total. The molecular weight excluding hydrogens is 410 g/mol. The first kappa shape index (κ1) is 21.6. The largest absolute Gasteiger partial charge is 0.354 e. The number of amides is 4. The number of aromatic nitrogens is 1. The van der Waals surface area contributed by atoms with Gasteiger partial charge in [-0.05, 0) is 37.1 Å². The third kappa shape index (κ3) is 4.37. The van der Waals surface area contributed by atoms with Gasteiger partial charge in [-0.25, -0.2) is 0 Å². The van der Waals surface area contributed by atoms with Crippen molar-refractivity contribution in [3.05, 3.63) is 59.9 Å². The summed E-state index contributed by atoms with van der Waals surface area (Å²) in [5, 5.41) is 5.54. The number of aryl methyl sites for hydroxylation is 1. The van der Waals surface area contributed by atoms with E-state index in [0.29, 0.717) is 30.8 Å². The lowest BCUT2D eigenvalue weighted by atomic mass is 10.0. The summed E-state index contributed by atoms with van der Waals surface area (Å²) in [6.07, 6.45) is 3.10. The van der Waals surface area contributed by atoms with Gasteiger partial charge in [-0.3, -0.25) is 19.2 Å². The first-order valence-electron chi connectivity index (χ1n) is 10.8. The summed E-state index contributed by atoms with van der Waals surface area (Å²) >= 11 is 0. The van der Waals surface area contributed by atoms with E-state index < -0.39 is 18.0 Å². The van der Waals surface area contributed by atoms with E-state index in [9.17, 15) is 19.2 Å². The van der Waals surface area contributed by atoms with E-state index in [1.54, 1.807) is 59.1 Å². The van der Waals surface area contributed by atoms with Crippen molar-refractivity contribution in [2.24, 2.45) is 7.05 Å². The van der Waals surface area contributed by atoms with Crippen LogP contribution in [0.1, 0.15) is 33.7 Å². The summed E-state index contributed by atoms with van der Waals surface area (Å²) in [6.45, 7) is 1.18. The van der Waals surface area contributed by atoms with E-state index >= 15 is 0 Å². The maximum atomic E-state index is 13.3. The number of carbonyl (C=O) groups excluding carboxylic acids is 4. The van der Waals surface area contributed by atoms with Gasteiger partial charge >= 0.3 is 0 Å². The molecule has 2 unspecified atom stereocenters. The molecule has 2 N–H and O–H groups in total. The molecule has 2 aromatic rings. The van der Waals surface area contributed by atoms with E-state index in [4.69, 9.17) is 0 Å². The highest BCUT2D eigenvalue weighted by atomic mass is 16.2. The quantitative estimate of drug-likeness (QED) is 0.722. The number of piperidine rings is 1. The van der Waals surface area contributed by atoms with Crippen molar-refractivity contribution in [3.63, 3.8) is 0 Å². The standard InChI is InChI=1S/C23H27N5O4/c1-26-12-6-10-18(26)23(32)27-13-14-28(22(31)16-7-3-2-4-8-16)19(15-27)21(30)25-17-9-5-11-24-20(17)29/h2-4,6-8,10,12,17,19H,5,9,11,13-15H2,1H3,(H,24,29)(H,25,30). The summed E-state index contributed by atoms with van der Waals surface area (Å²) in [7, 11) is 1.79. The third-order valence-corrected chi connectivity index (χ3v) is 6.02. The van der Waals surface area contributed by atoms with Gasteiger partial charge in [-0.1, -0.05) is 18.2 Å². The number of rotatable bonds is 4. The van der Waals surface area contributed by atoms with Gasteiger partial charge in [0.25, 0.3) is 11.8 Å². The summed E-state index contributed by atoms with van der Waals surface area (Å²) in [6, 6.07) is 10.7.